The van der Waals surface area contributed by atoms with Gasteiger partial charge in [-0.25, -0.2) is 0 Å². The van der Waals surface area contributed by atoms with Gasteiger partial charge in [-0.15, -0.1) is 35.3 Å². The Bertz CT molecular complexity index is 630. The van der Waals surface area contributed by atoms with Gasteiger partial charge in [0.2, 0.25) is 0 Å². The van der Waals surface area contributed by atoms with E-state index >= 15 is 0 Å². The molecule has 2 N–H and O–H groups in total. The molecular weight excluding hydrogens is 443 g/mol. The molecule has 1 aliphatic rings. The number of hydrogen-bond donors (Lipinski definition) is 2. The van der Waals surface area contributed by atoms with Crippen molar-refractivity contribution in [1.82, 2.24) is 10.6 Å². The summed E-state index contributed by atoms with van der Waals surface area (Å²) in [7, 11) is 1.84. The van der Waals surface area contributed by atoms with E-state index in [1.165, 1.54) is 17.0 Å². The number of benzene rings is 1. The zero-order valence-electron chi connectivity index (χ0n) is 14.6. The van der Waals surface area contributed by atoms with E-state index < -0.39 is 0 Å². The zero-order valence-corrected chi connectivity index (χ0v) is 17.8. The smallest absolute Gasteiger partial charge is 0.190 e. The van der Waals surface area contributed by atoms with Gasteiger partial charge in [-0.05, 0) is 42.3 Å². The van der Waals surface area contributed by atoms with Gasteiger partial charge in [0.25, 0.3) is 0 Å². The van der Waals surface area contributed by atoms with Crippen molar-refractivity contribution in [2.75, 3.05) is 38.1 Å². The maximum Gasteiger partial charge on any atom is 0.190 e. The summed E-state index contributed by atoms with van der Waals surface area (Å²) in [6, 6.07) is 15.0. The van der Waals surface area contributed by atoms with Crippen molar-refractivity contribution >= 4 is 47.0 Å². The van der Waals surface area contributed by atoms with Gasteiger partial charge in [-0.2, -0.15) is 0 Å². The fourth-order valence-corrected chi connectivity index (χ4v) is 3.80. The molecule has 2 heterocycles. The lowest BCUT2D eigenvalue weighted by molar-refractivity contribution is 0.566. The van der Waals surface area contributed by atoms with Crippen molar-refractivity contribution in [1.29, 1.82) is 0 Å². The highest BCUT2D eigenvalue weighted by Crippen LogP contribution is 2.22. The first-order chi connectivity index (χ1) is 11.8. The van der Waals surface area contributed by atoms with E-state index in [9.17, 15) is 0 Å². The van der Waals surface area contributed by atoms with Crippen LogP contribution in [-0.2, 0) is 6.42 Å². The minimum absolute atomic E-state index is 0. The van der Waals surface area contributed by atoms with Crippen LogP contribution >= 0.6 is 35.3 Å². The van der Waals surface area contributed by atoms with Crippen molar-refractivity contribution in [2.45, 2.75) is 12.8 Å². The van der Waals surface area contributed by atoms with Crippen molar-refractivity contribution in [3.05, 3.63) is 52.7 Å². The van der Waals surface area contributed by atoms with E-state index in [1.54, 1.807) is 0 Å². The van der Waals surface area contributed by atoms with Crippen LogP contribution in [0, 0.1) is 5.92 Å². The lowest BCUT2D eigenvalue weighted by Crippen LogP contribution is -2.41. The van der Waals surface area contributed by atoms with Crippen LogP contribution in [0.25, 0.3) is 0 Å². The van der Waals surface area contributed by atoms with Gasteiger partial charge in [0.15, 0.2) is 5.96 Å². The average molecular weight is 470 g/mol. The molecule has 2 aromatic rings. The number of rotatable bonds is 6. The molecule has 25 heavy (non-hydrogen) atoms. The number of hydrogen-bond acceptors (Lipinski definition) is 3. The molecule has 0 amide bonds. The first kappa shape index (κ1) is 20.0. The third-order valence-electron chi connectivity index (χ3n) is 4.43. The maximum absolute atomic E-state index is 4.33. The van der Waals surface area contributed by atoms with Gasteiger partial charge >= 0.3 is 0 Å². The molecule has 3 rings (SSSR count). The molecule has 1 atom stereocenters. The molecule has 1 aromatic heterocycles. The van der Waals surface area contributed by atoms with E-state index in [4.69, 9.17) is 0 Å². The molecule has 0 saturated carbocycles. The zero-order chi connectivity index (χ0) is 16.6. The van der Waals surface area contributed by atoms with Crippen LogP contribution in [0.15, 0.2) is 52.8 Å². The summed E-state index contributed by atoms with van der Waals surface area (Å²) < 4.78 is 0. The lowest BCUT2D eigenvalue weighted by Gasteiger charge is -2.19. The van der Waals surface area contributed by atoms with Crippen LogP contribution in [0.3, 0.4) is 0 Å². The van der Waals surface area contributed by atoms with E-state index in [0.717, 1.165) is 38.6 Å². The molecule has 136 valence electrons. The number of para-hydroxylation sites is 1. The molecule has 0 radical (unpaired) electrons. The third-order valence-corrected chi connectivity index (χ3v) is 5.37. The monoisotopic (exact) mass is 470 g/mol. The normalized spacial score (nSPS) is 17.2. The van der Waals surface area contributed by atoms with E-state index in [2.05, 4.69) is 68.4 Å². The number of anilines is 1. The molecular formula is C19H27IN4S. The fraction of sp³-hybridized carbons (Fsp3) is 0.421. The van der Waals surface area contributed by atoms with Crippen LogP contribution in [0.4, 0.5) is 5.69 Å². The molecule has 6 heteroatoms. The second-order valence-electron chi connectivity index (χ2n) is 6.15. The van der Waals surface area contributed by atoms with Crippen molar-refractivity contribution in [2.24, 2.45) is 10.9 Å². The van der Waals surface area contributed by atoms with Gasteiger partial charge in [0.05, 0.1) is 0 Å². The van der Waals surface area contributed by atoms with E-state index in [1.807, 2.05) is 18.4 Å². The molecule has 1 unspecified atom stereocenters. The fourth-order valence-electron chi connectivity index (χ4n) is 3.09. The topological polar surface area (TPSA) is 39.7 Å². The van der Waals surface area contributed by atoms with Crippen molar-refractivity contribution in [3.8, 4) is 0 Å². The Labute approximate surface area is 171 Å². The Kier molecular flexibility index (Phi) is 8.54. The maximum atomic E-state index is 4.33. The number of nitrogens with one attached hydrogen (secondary N) is 2. The van der Waals surface area contributed by atoms with Gasteiger partial charge in [0.1, 0.15) is 0 Å². The average Bonchev–Trinajstić information content (AvgIpc) is 3.30. The molecule has 0 spiro atoms. The number of halogens is 1. The van der Waals surface area contributed by atoms with Gasteiger partial charge in [0, 0.05) is 43.8 Å². The first-order valence-corrected chi connectivity index (χ1v) is 9.50. The van der Waals surface area contributed by atoms with Gasteiger partial charge in [-0.1, -0.05) is 24.3 Å². The second kappa shape index (κ2) is 10.7. The Hall–Kier alpha value is -1.28. The summed E-state index contributed by atoms with van der Waals surface area (Å²) in [6.07, 6.45) is 2.28. The minimum Gasteiger partial charge on any atom is -0.371 e. The first-order valence-electron chi connectivity index (χ1n) is 8.62. The third kappa shape index (κ3) is 6.18. The Morgan fingerprint density at radius 3 is 2.76 bits per heavy atom. The molecule has 0 bridgehead atoms. The molecule has 1 aliphatic heterocycles. The highest BCUT2D eigenvalue weighted by Gasteiger charge is 2.22. The van der Waals surface area contributed by atoms with Crippen LogP contribution in [0.1, 0.15) is 11.3 Å². The Morgan fingerprint density at radius 1 is 1.20 bits per heavy atom. The quantitative estimate of drug-likeness (QED) is 0.385. The summed E-state index contributed by atoms with van der Waals surface area (Å²) in [5.41, 5.74) is 1.33. The minimum atomic E-state index is 0. The van der Waals surface area contributed by atoms with Crippen LogP contribution < -0.4 is 15.5 Å². The van der Waals surface area contributed by atoms with Crippen LogP contribution in [0.5, 0.6) is 0 Å². The highest BCUT2D eigenvalue weighted by molar-refractivity contribution is 14.0. The molecule has 0 aliphatic carbocycles. The number of aliphatic imine (C=N–C) groups is 1. The van der Waals surface area contributed by atoms with Crippen LogP contribution in [-0.4, -0.2) is 39.2 Å². The lowest BCUT2D eigenvalue weighted by atomic mass is 10.1. The summed E-state index contributed by atoms with van der Waals surface area (Å²) in [4.78, 5) is 8.21. The van der Waals surface area contributed by atoms with Gasteiger partial charge in [-0.3, -0.25) is 4.99 Å². The van der Waals surface area contributed by atoms with E-state index in [0.29, 0.717) is 5.92 Å². The Morgan fingerprint density at radius 2 is 2.04 bits per heavy atom. The van der Waals surface area contributed by atoms with Crippen molar-refractivity contribution in [3.63, 3.8) is 0 Å². The number of thiophene rings is 1. The molecule has 4 nitrogen and oxygen atoms in total. The second-order valence-corrected chi connectivity index (χ2v) is 7.18. The van der Waals surface area contributed by atoms with Gasteiger partial charge < -0.3 is 15.5 Å². The number of guanidine groups is 1. The summed E-state index contributed by atoms with van der Waals surface area (Å²) in [6.45, 7) is 4.15. The molecule has 1 saturated heterocycles. The van der Waals surface area contributed by atoms with Crippen LogP contribution in [0.2, 0.25) is 0 Å². The summed E-state index contributed by atoms with van der Waals surface area (Å²) in [5.74, 6) is 1.57. The SMILES string of the molecule is CN=C(NCCc1cccs1)NCC1CCN(c2ccccc2)C1.I. The summed E-state index contributed by atoms with van der Waals surface area (Å²) in [5, 5.41) is 9.01. The standard InChI is InChI=1S/C19H26N4S.HI/c1-20-19(21-11-9-18-8-5-13-24-18)22-14-16-10-12-23(15-16)17-6-3-2-4-7-17;/h2-8,13,16H,9-12,14-15H2,1H3,(H2,20,21,22);1H. The molecule has 1 aromatic carbocycles. The summed E-state index contributed by atoms with van der Waals surface area (Å²) >= 11 is 1.81. The highest BCUT2D eigenvalue weighted by atomic mass is 127. The molecule has 1 fully saturated rings. The predicted octanol–water partition coefficient (Wildman–Crippen LogP) is 3.60. The largest absolute Gasteiger partial charge is 0.371 e. The number of nitrogens with zero attached hydrogens (tertiary/aromatic N) is 2. The van der Waals surface area contributed by atoms with E-state index in [-0.39, 0.29) is 24.0 Å². The van der Waals surface area contributed by atoms with Crippen molar-refractivity contribution < 1.29 is 0 Å². The predicted molar refractivity (Wildman–Crippen MR) is 120 cm³/mol. The Balaban J connectivity index is 0.00000225.